The topological polar surface area (TPSA) is 25.2 Å². The Balaban J connectivity index is 1.94. The highest BCUT2D eigenvalue weighted by molar-refractivity contribution is 9.10. The highest BCUT2D eigenvalue weighted by atomic mass is 79.9. The van der Waals surface area contributed by atoms with E-state index in [-0.39, 0.29) is 5.82 Å². The molecule has 0 spiro atoms. The van der Waals surface area contributed by atoms with E-state index < -0.39 is 0 Å². The molecule has 102 valence electrons. The Morgan fingerprint density at radius 2 is 2.21 bits per heavy atom. The number of hydrogen-bond acceptors (Lipinski definition) is 2. The van der Waals surface area contributed by atoms with Gasteiger partial charge in [0.2, 0.25) is 0 Å². The molecule has 4 heteroatoms. The van der Waals surface area contributed by atoms with E-state index in [1.807, 2.05) is 25.2 Å². The molecule has 0 fully saturated rings. The summed E-state index contributed by atoms with van der Waals surface area (Å²) in [6.45, 7) is 0. The van der Waals surface area contributed by atoms with Crippen molar-refractivity contribution in [1.82, 2.24) is 5.32 Å². The van der Waals surface area contributed by atoms with Gasteiger partial charge in [-0.15, -0.1) is 0 Å². The number of aryl methyl sites for hydroxylation is 1. The predicted molar refractivity (Wildman–Crippen MR) is 77.7 cm³/mol. The van der Waals surface area contributed by atoms with Gasteiger partial charge in [0.15, 0.2) is 0 Å². The monoisotopic (exact) mass is 325 g/mol. The van der Waals surface area contributed by atoms with Crippen LogP contribution in [0.5, 0.6) is 0 Å². The second kappa shape index (κ2) is 6.87. The molecule has 1 N–H and O–H groups in total. The van der Waals surface area contributed by atoms with Gasteiger partial charge in [-0.05, 0) is 55.8 Å². The summed E-state index contributed by atoms with van der Waals surface area (Å²) in [6.07, 6.45) is 4.33. The zero-order chi connectivity index (χ0) is 13.7. The van der Waals surface area contributed by atoms with Gasteiger partial charge in [0.1, 0.15) is 11.6 Å². The molecule has 0 saturated heterocycles. The zero-order valence-electron chi connectivity index (χ0n) is 10.8. The van der Waals surface area contributed by atoms with Gasteiger partial charge in [-0.25, -0.2) is 4.39 Å². The van der Waals surface area contributed by atoms with Crippen molar-refractivity contribution < 1.29 is 8.81 Å². The molecule has 1 aromatic carbocycles. The molecule has 1 aromatic heterocycles. The van der Waals surface area contributed by atoms with Gasteiger partial charge in [0.05, 0.1) is 6.26 Å². The number of halogens is 2. The van der Waals surface area contributed by atoms with Crippen LogP contribution in [-0.4, -0.2) is 13.1 Å². The molecule has 1 unspecified atom stereocenters. The Kier molecular flexibility index (Phi) is 5.16. The minimum atomic E-state index is -0.203. The predicted octanol–water partition coefficient (Wildman–Crippen LogP) is 3.94. The Labute approximate surface area is 121 Å². The largest absolute Gasteiger partial charge is 0.469 e. The maximum absolute atomic E-state index is 13.3. The van der Waals surface area contributed by atoms with Gasteiger partial charge in [-0.2, -0.15) is 0 Å². The summed E-state index contributed by atoms with van der Waals surface area (Å²) >= 11 is 3.32. The van der Waals surface area contributed by atoms with Crippen molar-refractivity contribution in [3.8, 4) is 0 Å². The summed E-state index contributed by atoms with van der Waals surface area (Å²) in [5.74, 6) is 0.783. The molecule has 0 aliphatic rings. The van der Waals surface area contributed by atoms with Gasteiger partial charge in [-0.1, -0.05) is 15.9 Å². The summed E-state index contributed by atoms with van der Waals surface area (Å²) in [5.41, 5.74) is 0.991. The van der Waals surface area contributed by atoms with Crippen LogP contribution in [0.3, 0.4) is 0 Å². The Morgan fingerprint density at radius 3 is 2.84 bits per heavy atom. The van der Waals surface area contributed by atoms with Crippen molar-refractivity contribution >= 4 is 15.9 Å². The van der Waals surface area contributed by atoms with Crippen LogP contribution < -0.4 is 5.32 Å². The van der Waals surface area contributed by atoms with Gasteiger partial charge >= 0.3 is 0 Å². The van der Waals surface area contributed by atoms with E-state index in [1.54, 1.807) is 12.3 Å². The normalized spacial score (nSPS) is 12.6. The van der Waals surface area contributed by atoms with E-state index in [1.165, 1.54) is 6.07 Å². The molecule has 0 radical (unpaired) electrons. The molecule has 1 atom stereocenters. The van der Waals surface area contributed by atoms with Gasteiger partial charge in [-0.3, -0.25) is 0 Å². The van der Waals surface area contributed by atoms with Crippen LogP contribution in [0.1, 0.15) is 17.7 Å². The third kappa shape index (κ3) is 4.48. The molecule has 19 heavy (non-hydrogen) atoms. The summed E-state index contributed by atoms with van der Waals surface area (Å²) in [4.78, 5) is 0. The minimum absolute atomic E-state index is 0.203. The average Bonchev–Trinajstić information content (AvgIpc) is 2.86. The smallest absolute Gasteiger partial charge is 0.124 e. The number of hydrogen-bond donors (Lipinski definition) is 1. The van der Waals surface area contributed by atoms with Crippen LogP contribution in [0.15, 0.2) is 45.5 Å². The fourth-order valence-electron chi connectivity index (χ4n) is 2.13. The van der Waals surface area contributed by atoms with Crippen molar-refractivity contribution in [2.75, 3.05) is 7.05 Å². The molecular weight excluding hydrogens is 309 g/mol. The van der Waals surface area contributed by atoms with Gasteiger partial charge < -0.3 is 9.73 Å². The summed E-state index contributed by atoms with van der Waals surface area (Å²) < 4.78 is 19.4. The van der Waals surface area contributed by atoms with Crippen LogP contribution in [-0.2, 0) is 12.8 Å². The molecule has 0 bridgehead atoms. The first-order chi connectivity index (χ1) is 9.17. The SMILES string of the molecule is CNC(CCc1ccco1)Cc1cc(F)cc(Br)c1. The summed E-state index contributed by atoms with van der Waals surface area (Å²) in [5, 5.41) is 3.27. The van der Waals surface area contributed by atoms with Crippen LogP contribution >= 0.6 is 15.9 Å². The number of likely N-dealkylation sites (N-methyl/N-ethyl adjacent to an activating group) is 1. The van der Waals surface area contributed by atoms with Gasteiger partial charge in [0, 0.05) is 16.9 Å². The zero-order valence-corrected chi connectivity index (χ0v) is 12.4. The van der Waals surface area contributed by atoms with E-state index >= 15 is 0 Å². The van der Waals surface area contributed by atoms with Crippen LogP contribution in [0.25, 0.3) is 0 Å². The maximum Gasteiger partial charge on any atom is 0.124 e. The Morgan fingerprint density at radius 1 is 1.37 bits per heavy atom. The minimum Gasteiger partial charge on any atom is -0.469 e. The molecule has 0 aliphatic heterocycles. The van der Waals surface area contributed by atoms with Crippen molar-refractivity contribution in [2.45, 2.75) is 25.3 Å². The third-order valence-corrected chi connectivity index (χ3v) is 3.59. The van der Waals surface area contributed by atoms with Crippen molar-refractivity contribution in [2.24, 2.45) is 0 Å². The summed E-state index contributed by atoms with van der Waals surface area (Å²) in [6, 6.07) is 9.20. The van der Waals surface area contributed by atoms with Crippen molar-refractivity contribution in [1.29, 1.82) is 0 Å². The lowest BCUT2D eigenvalue weighted by Crippen LogP contribution is -2.28. The lowest BCUT2D eigenvalue weighted by atomic mass is 10.0. The number of nitrogens with one attached hydrogen (secondary N) is 1. The standard InChI is InChI=1S/C15H17BrFNO/c1-18-14(4-5-15-3-2-6-19-15)9-11-7-12(16)10-13(17)8-11/h2-3,6-8,10,14,18H,4-5,9H2,1H3. The first-order valence-corrected chi connectivity index (χ1v) is 7.11. The van der Waals surface area contributed by atoms with Crippen molar-refractivity contribution in [3.63, 3.8) is 0 Å². The van der Waals surface area contributed by atoms with E-state index in [4.69, 9.17) is 4.42 Å². The van der Waals surface area contributed by atoms with Crippen LogP contribution in [0.2, 0.25) is 0 Å². The Bertz CT molecular complexity index is 493. The lowest BCUT2D eigenvalue weighted by Gasteiger charge is -2.16. The second-order valence-corrected chi connectivity index (χ2v) is 5.50. The van der Waals surface area contributed by atoms with Crippen LogP contribution in [0, 0.1) is 5.82 Å². The fraction of sp³-hybridized carbons (Fsp3) is 0.333. The van der Waals surface area contributed by atoms with E-state index in [0.717, 1.165) is 35.1 Å². The highest BCUT2D eigenvalue weighted by Crippen LogP contribution is 2.17. The first-order valence-electron chi connectivity index (χ1n) is 6.32. The molecular formula is C15H17BrFNO. The maximum atomic E-state index is 13.3. The quantitative estimate of drug-likeness (QED) is 0.870. The molecule has 2 nitrogen and oxygen atoms in total. The number of furan rings is 1. The van der Waals surface area contributed by atoms with Crippen LogP contribution in [0.4, 0.5) is 4.39 Å². The first kappa shape index (κ1) is 14.3. The third-order valence-electron chi connectivity index (χ3n) is 3.13. The van der Waals surface area contributed by atoms with E-state index in [9.17, 15) is 4.39 Å². The van der Waals surface area contributed by atoms with E-state index in [0.29, 0.717) is 6.04 Å². The second-order valence-electron chi connectivity index (χ2n) is 4.59. The Hall–Kier alpha value is -1.13. The number of benzene rings is 1. The summed E-state index contributed by atoms with van der Waals surface area (Å²) in [7, 11) is 1.93. The molecule has 2 rings (SSSR count). The molecule has 1 heterocycles. The lowest BCUT2D eigenvalue weighted by molar-refractivity contribution is 0.459. The molecule has 2 aromatic rings. The van der Waals surface area contributed by atoms with E-state index in [2.05, 4.69) is 21.2 Å². The highest BCUT2D eigenvalue weighted by Gasteiger charge is 2.10. The fourth-order valence-corrected chi connectivity index (χ4v) is 2.65. The average molecular weight is 326 g/mol. The molecule has 0 amide bonds. The molecule has 0 saturated carbocycles. The van der Waals surface area contributed by atoms with Crippen molar-refractivity contribution in [3.05, 3.63) is 58.2 Å². The number of rotatable bonds is 6. The molecule has 0 aliphatic carbocycles. The van der Waals surface area contributed by atoms with Gasteiger partial charge in [0.25, 0.3) is 0 Å².